The molecule has 0 bridgehead atoms. The van der Waals surface area contributed by atoms with Crippen LogP contribution < -0.4 is 0 Å². The molecule has 0 N–H and O–H groups in total. The van der Waals surface area contributed by atoms with E-state index in [4.69, 9.17) is 27.9 Å². The average Bonchev–Trinajstić information content (AvgIpc) is 2.42. The lowest BCUT2D eigenvalue weighted by Crippen LogP contribution is -2.07. The molecule has 2 aromatic carbocycles. The third-order valence-corrected chi connectivity index (χ3v) is 3.46. The van der Waals surface area contributed by atoms with Crippen molar-refractivity contribution in [2.75, 3.05) is 6.61 Å². The number of hydrogen-bond acceptors (Lipinski definition) is 2. The Balaban J connectivity index is 2.50. The van der Waals surface area contributed by atoms with Crippen LogP contribution in [-0.4, -0.2) is 12.6 Å². The fourth-order valence-corrected chi connectivity index (χ4v) is 2.08. The topological polar surface area (TPSA) is 26.3 Å². The molecule has 0 aliphatic rings. The first-order valence-corrected chi connectivity index (χ1v) is 6.71. The maximum Gasteiger partial charge on any atom is 0.341 e. The second-order valence-corrected chi connectivity index (χ2v) is 4.83. The molecule has 0 fully saturated rings. The number of carbonyl (C=O) groups is 1. The van der Waals surface area contributed by atoms with Crippen LogP contribution in [0.25, 0.3) is 11.1 Å². The average molecular weight is 313 g/mol. The van der Waals surface area contributed by atoms with Gasteiger partial charge in [0.15, 0.2) is 0 Å². The first-order chi connectivity index (χ1) is 9.54. The molecule has 0 spiro atoms. The molecule has 0 saturated carbocycles. The summed E-state index contributed by atoms with van der Waals surface area (Å²) in [4.78, 5) is 11.7. The Hall–Kier alpha value is -1.58. The molecule has 2 rings (SSSR count). The Morgan fingerprint density at radius 2 is 1.95 bits per heavy atom. The first-order valence-electron chi connectivity index (χ1n) is 5.95. The van der Waals surface area contributed by atoms with E-state index in [2.05, 4.69) is 0 Å². The monoisotopic (exact) mass is 312 g/mol. The summed E-state index contributed by atoms with van der Waals surface area (Å²) in [6.45, 7) is 1.86. The largest absolute Gasteiger partial charge is 0.462 e. The van der Waals surface area contributed by atoms with Crippen LogP contribution in [0.3, 0.4) is 0 Å². The zero-order chi connectivity index (χ0) is 14.7. The Kier molecular flexibility index (Phi) is 4.63. The molecule has 2 aromatic rings. The Bertz CT molecular complexity index is 656. The molecule has 20 heavy (non-hydrogen) atoms. The van der Waals surface area contributed by atoms with Gasteiger partial charge >= 0.3 is 5.97 Å². The van der Waals surface area contributed by atoms with Crippen LogP contribution in [0.2, 0.25) is 10.0 Å². The number of benzene rings is 2. The summed E-state index contributed by atoms with van der Waals surface area (Å²) in [6, 6.07) is 9.31. The molecule has 104 valence electrons. The van der Waals surface area contributed by atoms with Crippen molar-refractivity contribution in [3.05, 3.63) is 57.8 Å². The number of hydrogen-bond donors (Lipinski definition) is 0. The van der Waals surface area contributed by atoms with Gasteiger partial charge < -0.3 is 4.74 Å². The highest BCUT2D eigenvalue weighted by Crippen LogP contribution is 2.31. The van der Waals surface area contributed by atoms with E-state index in [0.717, 1.165) is 0 Å². The van der Waals surface area contributed by atoms with Gasteiger partial charge in [-0.05, 0) is 30.7 Å². The van der Waals surface area contributed by atoms with Gasteiger partial charge in [0.2, 0.25) is 0 Å². The molecular weight excluding hydrogens is 302 g/mol. The fourth-order valence-electron chi connectivity index (χ4n) is 1.79. The minimum absolute atomic E-state index is 0.101. The van der Waals surface area contributed by atoms with Crippen molar-refractivity contribution in [2.45, 2.75) is 6.92 Å². The Morgan fingerprint density at radius 3 is 2.60 bits per heavy atom. The van der Waals surface area contributed by atoms with Crippen molar-refractivity contribution in [3.63, 3.8) is 0 Å². The van der Waals surface area contributed by atoms with E-state index in [1.807, 2.05) is 0 Å². The highest BCUT2D eigenvalue weighted by atomic mass is 35.5. The van der Waals surface area contributed by atoms with Gasteiger partial charge in [-0.3, -0.25) is 0 Å². The molecule has 5 heteroatoms. The molecule has 0 atom stereocenters. The van der Waals surface area contributed by atoms with Gasteiger partial charge in [0.1, 0.15) is 5.82 Å². The second-order valence-electron chi connectivity index (χ2n) is 4.02. The van der Waals surface area contributed by atoms with Gasteiger partial charge in [0.05, 0.1) is 22.2 Å². The van der Waals surface area contributed by atoms with Crippen molar-refractivity contribution in [1.29, 1.82) is 0 Å². The van der Waals surface area contributed by atoms with Crippen LogP contribution in [-0.2, 0) is 4.74 Å². The Labute approximate surface area is 126 Å². The van der Waals surface area contributed by atoms with E-state index >= 15 is 0 Å². The molecule has 0 radical (unpaired) electrons. The maximum absolute atomic E-state index is 14.4. The van der Waals surface area contributed by atoms with E-state index in [9.17, 15) is 9.18 Å². The van der Waals surface area contributed by atoms with Gasteiger partial charge in [0, 0.05) is 5.56 Å². The highest BCUT2D eigenvalue weighted by molar-refractivity contribution is 6.42. The third kappa shape index (κ3) is 2.94. The smallest absolute Gasteiger partial charge is 0.341 e. The molecule has 0 aliphatic carbocycles. The second kappa shape index (κ2) is 6.25. The zero-order valence-corrected chi connectivity index (χ0v) is 12.1. The normalized spacial score (nSPS) is 10.4. The summed E-state index contributed by atoms with van der Waals surface area (Å²) in [6.07, 6.45) is 0. The molecule has 0 unspecified atom stereocenters. The summed E-state index contributed by atoms with van der Waals surface area (Å²) < 4.78 is 19.2. The predicted molar refractivity (Wildman–Crippen MR) is 77.8 cm³/mol. The number of ether oxygens (including phenoxy) is 1. The lowest BCUT2D eigenvalue weighted by Gasteiger charge is -2.09. The van der Waals surface area contributed by atoms with E-state index in [-0.39, 0.29) is 17.7 Å². The third-order valence-electron chi connectivity index (χ3n) is 2.72. The van der Waals surface area contributed by atoms with Gasteiger partial charge in [-0.25, -0.2) is 9.18 Å². The van der Waals surface area contributed by atoms with Gasteiger partial charge in [-0.1, -0.05) is 41.4 Å². The number of esters is 1. The highest BCUT2D eigenvalue weighted by Gasteiger charge is 2.17. The van der Waals surface area contributed by atoms with E-state index in [1.54, 1.807) is 37.3 Å². The molecular formula is C15H11Cl2FO2. The van der Waals surface area contributed by atoms with E-state index < -0.39 is 11.8 Å². The first kappa shape index (κ1) is 14.8. The lowest BCUT2D eigenvalue weighted by atomic mass is 10.0. The standard InChI is InChI=1S/C15H11Cl2FO2/c1-2-20-15(19)11-5-3-4-10(14(11)18)9-6-7-12(16)13(17)8-9/h3-8H,2H2,1H3. The van der Waals surface area contributed by atoms with Gasteiger partial charge in [-0.15, -0.1) is 0 Å². The Morgan fingerprint density at radius 1 is 1.20 bits per heavy atom. The van der Waals surface area contributed by atoms with Crippen molar-refractivity contribution in [3.8, 4) is 11.1 Å². The predicted octanol–water partition coefficient (Wildman–Crippen LogP) is 4.98. The molecule has 0 aromatic heterocycles. The number of carbonyl (C=O) groups excluding carboxylic acids is 1. The SMILES string of the molecule is CCOC(=O)c1cccc(-c2ccc(Cl)c(Cl)c2)c1F. The molecule has 0 aliphatic heterocycles. The lowest BCUT2D eigenvalue weighted by molar-refractivity contribution is 0.0521. The van der Waals surface area contributed by atoms with Crippen molar-refractivity contribution in [1.82, 2.24) is 0 Å². The molecule has 0 saturated heterocycles. The maximum atomic E-state index is 14.4. The summed E-state index contributed by atoms with van der Waals surface area (Å²) in [7, 11) is 0. The summed E-state index contributed by atoms with van der Waals surface area (Å²) >= 11 is 11.8. The van der Waals surface area contributed by atoms with Crippen LogP contribution in [0, 0.1) is 5.82 Å². The number of halogens is 3. The summed E-state index contributed by atoms with van der Waals surface area (Å²) in [5.74, 6) is -1.32. The van der Waals surface area contributed by atoms with E-state index in [0.29, 0.717) is 15.6 Å². The van der Waals surface area contributed by atoms with E-state index in [1.165, 1.54) is 6.07 Å². The molecule has 0 heterocycles. The quantitative estimate of drug-likeness (QED) is 0.747. The molecule has 2 nitrogen and oxygen atoms in total. The van der Waals surface area contributed by atoms with Crippen LogP contribution in [0.4, 0.5) is 4.39 Å². The van der Waals surface area contributed by atoms with Gasteiger partial charge in [-0.2, -0.15) is 0 Å². The summed E-state index contributed by atoms with van der Waals surface area (Å²) in [5, 5.41) is 0.711. The van der Waals surface area contributed by atoms with Crippen LogP contribution >= 0.6 is 23.2 Å². The summed E-state index contributed by atoms with van der Waals surface area (Å²) in [5.41, 5.74) is 0.715. The van der Waals surface area contributed by atoms with Crippen LogP contribution in [0.15, 0.2) is 36.4 Å². The number of rotatable bonds is 3. The van der Waals surface area contributed by atoms with Crippen LogP contribution in [0.1, 0.15) is 17.3 Å². The van der Waals surface area contributed by atoms with Crippen LogP contribution in [0.5, 0.6) is 0 Å². The minimum Gasteiger partial charge on any atom is -0.462 e. The zero-order valence-electron chi connectivity index (χ0n) is 10.6. The molecule has 0 amide bonds. The fraction of sp³-hybridized carbons (Fsp3) is 0.133. The van der Waals surface area contributed by atoms with Crippen molar-refractivity contribution in [2.24, 2.45) is 0 Å². The van der Waals surface area contributed by atoms with Crippen molar-refractivity contribution >= 4 is 29.2 Å². The van der Waals surface area contributed by atoms with Gasteiger partial charge in [0.25, 0.3) is 0 Å². The minimum atomic E-state index is -0.688. The van der Waals surface area contributed by atoms with Crippen molar-refractivity contribution < 1.29 is 13.9 Å².